The van der Waals surface area contributed by atoms with Gasteiger partial charge in [-0.2, -0.15) is 0 Å². The lowest BCUT2D eigenvalue weighted by Gasteiger charge is -2.37. The number of nitrogens with zero attached hydrogens (tertiary/aromatic N) is 4. The van der Waals surface area contributed by atoms with Gasteiger partial charge in [-0.05, 0) is 0 Å². The molecule has 0 radical (unpaired) electrons. The van der Waals surface area contributed by atoms with Crippen molar-refractivity contribution in [2.24, 2.45) is 0 Å². The Hall–Kier alpha value is -1.67. The molecule has 3 rings (SSSR count). The predicted molar refractivity (Wildman–Crippen MR) is 64.9 cm³/mol. The van der Waals surface area contributed by atoms with Crippen LogP contribution in [0.15, 0.2) is 6.33 Å². The number of nitrogens with two attached hydrogens (primary N) is 1. The fourth-order valence-corrected chi connectivity index (χ4v) is 2.51. The van der Waals surface area contributed by atoms with Crippen molar-refractivity contribution < 1.29 is 14.3 Å². The molecule has 8 nitrogen and oxygen atoms in total. The summed E-state index contributed by atoms with van der Waals surface area (Å²) in [6.07, 6.45) is 2.90. The van der Waals surface area contributed by atoms with E-state index in [1.165, 1.54) is 11.0 Å². The maximum absolute atomic E-state index is 12.1. The van der Waals surface area contributed by atoms with Gasteiger partial charge in [0.1, 0.15) is 12.9 Å². The quantitative estimate of drug-likeness (QED) is 0.755. The lowest BCUT2D eigenvalue weighted by atomic mass is 10.0. The first-order valence-electron chi connectivity index (χ1n) is 6.37. The first kappa shape index (κ1) is 12.4. The zero-order chi connectivity index (χ0) is 13.3. The van der Waals surface area contributed by atoms with Crippen LogP contribution in [0.25, 0.3) is 0 Å². The highest BCUT2D eigenvalue weighted by Gasteiger charge is 2.40. The molecule has 2 saturated heterocycles. The normalized spacial score (nSPS) is 22.0. The van der Waals surface area contributed by atoms with Crippen LogP contribution in [0.3, 0.4) is 0 Å². The Balaban J connectivity index is 1.54. The van der Waals surface area contributed by atoms with Crippen molar-refractivity contribution in [3.8, 4) is 0 Å². The molecule has 2 aliphatic heterocycles. The van der Waals surface area contributed by atoms with E-state index in [1.807, 2.05) is 0 Å². The summed E-state index contributed by atoms with van der Waals surface area (Å²) in [7, 11) is 0. The molecule has 1 amide bonds. The molecule has 2 fully saturated rings. The molecular weight excluding hydrogens is 250 g/mol. The SMILES string of the molecule is Nc1ncn(CC(=O)N2CCC3(CC2)OCCO3)n1. The number of likely N-dealkylation sites (tertiary alicyclic amines) is 1. The molecular formula is C11H17N5O3. The third-order valence-corrected chi connectivity index (χ3v) is 3.54. The number of aromatic nitrogens is 3. The highest BCUT2D eigenvalue weighted by Crippen LogP contribution is 2.31. The van der Waals surface area contributed by atoms with Crippen LogP contribution in [0.5, 0.6) is 0 Å². The average molecular weight is 267 g/mol. The average Bonchev–Trinajstić information content (AvgIpc) is 3.00. The summed E-state index contributed by atoms with van der Waals surface area (Å²) in [5.74, 6) is -0.259. The third-order valence-electron chi connectivity index (χ3n) is 3.54. The molecule has 1 aromatic heterocycles. The Kier molecular flexibility index (Phi) is 3.11. The van der Waals surface area contributed by atoms with Crippen molar-refractivity contribution in [2.45, 2.75) is 25.2 Å². The number of nitrogen functional groups attached to an aromatic ring is 1. The number of rotatable bonds is 2. The van der Waals surface area contributed by atoms with Crippen LogP contribution in [-0.4, -0.2) is 57.7 Å². The summed E-state index contributed by atoms with van der Waals surface area (Å²) in [6.45, 7) is 2.74. The molecule has 0 atom stereocenters. The van der Waals surface area contributed by atoms with Gasteiger partial charge < -0.3 is 20.1 Å². The smallest absolute Gasteiger partial charge is 0.244 e. The van der Waals surface area contributed by atoms with Crippen LogP contribution in [0, 0.1) is 0 Å². The summed E-state index contributed by atoms with van der Waals surface area (Å²) in [5, 5.41) is 3.90. The van der Waals surface area contributed by atoms with Crippen molar-refractivity contribution in [1.82, 2.24) is 19.7 Å². The van der Waals surface area contributed by atoms with E-state index in [4.69, 9.17) is 15.2 Å². The maximum Gasteiger partial charge on any atom is 0.244 e. The van der Waals surface area contributed by atoms with Crippen LogP contribution in [0.1, 0.15) is 12.8 Å². The number of amides is 1. The van der Waals surface area contributed by atoms with Crippen molar-refractivity contribution >= 4 is 11.9 Å². The number of hydrogen-bond acceptors (Lipinski definition) is 6. The van der Waals surface area contributed by atoms with Crippen LogP contribution in [-0.2, 0) is 20.8 Å². The molecule has 0 unspecified atom stereocenters. The fraction of sp³-hybridized carbons (Fsp3) is 0.727. The van der Waals surface area contributed by atoms with E-state index in [0.29, 0.717) is 26.3 Å². The first-order chi connectivity index (χ1) is 9.17. The molecule has 0 aliphatic carbocycles. The Labute approximate surface area is 110 Å². The molecule has 1 aromatic rings. The van der Waals surface area contributed by atoms with Gasteiger partial charge >= 0.3 is 0 Å². The number of carbonyl (C=O) groups is 1. The fourth-order valence-electron chi connectivity index (χ4n) is 2.51. The van der Waals surface area contributed by atoms with Gasteiger partial charge in [-0.15, -0.1) is 5.10 Å². The molecule has 2 aliphatic rings. The van der Waals surface area contributed by atoms with E-state index in [0.717, 1.165) is 12.8 Å². The number of anilines is 1. The van der Waals surface area contributed by atoms with E-state index in [-0.39, 0.29) is 18.4 Å². The minimum absolute atomic E-state index is 0.0118. The number of piperidine rings is 1. The summed E-state index contributed by atoms with van der Waals surface area (Å²) < 4.78 is 12.7. The van der Waals surface area contributed by atoms with Gasteiger partial charge in [0.05, 0.1) is 13.2 Å². The first-order valence-corrected chi connectivity index (χ1v) is 6.37. The second-order valence-corrected chi connectivity index (χ2v) is 4.79. The van der Waals surface area contributed by atoms with Gasteiger partial charge in [-0.25, -0.2) is 9.67 Å². The number of carbonyl (C=O) groups excluding carboxylic acids is 1. The van der Waals surface area contributed by atoms with Crippen molar-refractivity contribution in [3.05, 3.63) is 6.33 Å². The zero-order valence-electron chi connectivity index (χ0n) is 10.6. The highest BCUT2D eigenvalue weighted by atomic mass is 16.7. The predicted octanol–water partition coefficient (Wildman–Crippen LogP) is -0.774. The van der Waals surface area contributed by atoms with Crippen LogP contribution in [0.2, 0.25) is 0 Å². The maximum atomic E-state index is 12.1. The van der Waals surface area contributed by atoms with Crippen molar-refractivity contribution in [3.63, 3.8) is 0 Å². The van der Waals surface area contributed by atoms with Crippen molar-refractivity contribution in [1.29, 1.82) is 0 Å². The second-order valence-electron chi connectivity index (χ2n) is 4.79. The van der Waals surface area contributed by atoms with Gasteiger partial charge in [-0.1, -0.05) is 0 Å². The molecule has 2 N–H and O–H groups in total. The van der Waals surface area contributed by atoms with Gasteiger partial charge in [-0.3, -0.25) is 4.79 Å². The third kappa shape index (κ3) is 2.54. The monoisotopic (exact) mass is 267 g/mol. The number of hydrogen-bond donors (Lipinski definition) is 1. The van der Waals surface area contributed by atoms with Gasteiger partial charge in [0.2, 0.25) is 11.9 Å². The van der Waals surface area contributed by atoms with Gasteiger partial charge in [0, 0.05) is 25.9 Å². The largest absolute Gasteiger partial charge is 0.367 e. The minimum atomic E-state index is -0.450. The summed E-state index contributed by atoms with van der Waals surface area (Å²) in [5.41, 5.74) is 5.41. The lowest BCUT2D eigenvalue weighted by Crippen LogP contribution is -2.48. The van der Waals surface area contributed by atoms with E-state index in [1.54, 1.807) is 4.90 Å². The topological polar surface area (TPSA) is 95.5 Å². The van der Waals surface area contributed by atoms with Crippen LogP contribution in [0.4, 0.5) is 5.95 Å². The van der Waals surface area contributed by atoms with Crippen molar-refractivity contribution in [2.75, 3.05) is 32.0 Å². The molecule has 3 heterocycles. The summed E-state index contributed by atoms with van der Waals surface area (Å²) >= 11 is 0. The van der Waals surface area contributed by atoms with E-state index in [9.17, 15) is 4.79 Å². The lowest BCUT2D eigenvalue weighted by molar-refractivity contribution is -0.187. The molecule has 19 heavy (non-hydrogen) atoms. The van der Waals surface area contributed by atoms with Crippen LogP contribution >= 0.6 is 0 Å². The summed E-state index contributed by atoms with van der Waals surface area (Å²) in [6, 6.07) is 0. The Morgan fingerprint density at radius 2 is 2.05 bits per heavy atom. The Morgan fingerprint density at radius 1 is 1.37 bits per heavy atom. The molecule has 104 valence electrons. The Morgan fingerprint density at radius 3 is 2.63 bits per heavy atom. The standard InChI is InChI=1S/C11H17N5O3/c12-10-13-8-16(14-10)7-9(17)15-3-1-11(2-4-15)18-5-6-19-11/h8H,1-7H2,(H2,12,14). The number of ether oxygens (including phenoxy) is 2. The molecule has 0 aromatic carbocycles. The molecule has 1 spiro atoms. The zero-order valence-corrected chi connectivity index (χ0v) is 10.6. The second kappa shape index (κ2) is 4.78. The molecule has 0 bridgehead atoms. The molecule has 8 heteroatoms. The molecule has 0 saturated carbocycles. The van der Waals surface area contributed by atoms with E-state index >= 15 is 0 Å². The summed E-state index contributed by atoms with van der Waals surface area (Å²) in [4.78, 5) is 17.7. The van der Waals surface area contributed by atoms with Gasteiger partial charge in [0.15, 0.2) is 5.79 Å². The Bertz CT molecular complexity index is 459. The van der Waals surface area contributed by atoms with E-state index < -0.39 is 5.79 Å². The van der Waals surface area contributed by atoms with Gasteiger partial charge in [0.25, 0.3) is 0 Å². The van der Waals surface area contributed by atoms with E-state index in [2.05, 4.69) is 10.1 Å². The minimum Gasteiger partial charge on any atom is -0.367 e. The highest BCUT2D eigenvalue weighted by molar-refractivity contribution is 5.76. The van der Waals surface area contributed by atoms with Crippen LogP contribution < -0.4 is 5.73 Å².